The third kappa shape index (κ3) is 6.42. The highest BCUT2D eigenvalue weighted by atomic mass is 79.9. The number of hydrogen-bond acceptors (Lipinski definition) is 9. The van der Waals surface area contributed by atoms with Crippen molar-refractivity contribution in [1.82, 2.24) is 4.98 Å². The Kier molecular flexibility index (Phi) is 10.4. The Balaban J connectivity index is 3.54. The van der Waals surface area contributed by atoms with E-state index >= 15 is 0 Å². The summed E-state index contributed by atoms with van der Waals surface area (Å²) < 4.78 is 48.8. The molecule has 13 heteroatoms. The maximum Gasteiger partial charge on any atom is 0.346 e. The lowest BCUT2D eigenvalue weighted by Crippen LogP contribution is -2.20. The summed E-state index contributed by atoms with van der Waals surface area (Å²) in [5.41, 5.74) is 0.0423. The van der Waals surface area contributed by atoms with Gasteiger partial charge in [0.1, 0.15) is 10.8 Å². The number of halogens is 1. The molecule has 0 saturated heterocycles. The summed E-state index contributed by atoms with van der Waals surface area (Å²) in [4.78, 5) is 14.4. The lowest BCUT2D eigenvalue weighted by molar-refractivity contribution is -0.385. The van der Waals surface area contributed by atoms with Crippen LogP contribution in [0.1, 0.15) is 33.3 Å². The molecule has 0 atom stereocenters. The van der Waals surface area contributed by atoms with Gasteiger partial charge in [0, 0.05) is 12.5 Å². The average Bonchev–Trinajstić information content (AvgIpc) is 2.61. The fraction of sp³-hybridized carbons (Fsp3) is 0.667. The number of nitro groups is 1. The third-order valence-electron chi connectivity index (χ3n) is 3.48. The fourth-order valence-corrected chi connectivity index (χ4v) is 8.14. The lowest BCUT2D eigenvalue weighted by atomic mass is 10.2. The van der Waals surface area contributed by atoms with Gasteiger partial charge in [-0.1, -0.05) is 0 Å². The standard InChI is InChI=1S/C15H25BrN2O8P2/c1-5-23-27(21,24-6-2)14(28(22,25-7-3)26-8-4)10-12-9-13(18(19)20)11-17-15(12)16/h9,11,14H,5-8,10H2,1-4H3. The Morgan fingerprint density at radius 1 is 1.04 bits per heavy atom. The van der Waals surface area contributed by atoms with Crippen LogP contribution < -0.4 is 0 Å². The topological polar surface area (TPSA) is 127 Å². The van der Waals surface area contributed by atoms with E-state index in [1.807, 2.05) is 0 Å². The van der Waals surface area contributed by atoms with Crippen molar-refractivity contribution in [2.45, 2.75) is 39.5 Å². The first-order valence-corrected chi connectivity index (χ1v) is 12.7. The van der Waals surface area contributed by atoms with Gasteiger partial charge in [-0.15, -0.1) is 0 Å². The quantitative estimate of drug-likeness (QED) is 0.155. The summed E-state index contributed by atoms with van der Waals surface area (Å²) in [6, 6.07) is 1.26. The molecule has 0 aliphatic carbocycles. The van der Waals surface area contributed by atoms with Crippen molar-refractivity contribution in [2.24, 2.45) is 0 Å². The van der Waals surface area contributed by atoms with Crippen LogP contribution in [0, 0.1) is 10.1 Å². The fourth-order valence-electron chi connectivity index (χ4n) is 2.46. The first kappa shape index (κ1) is 25.4. The number of rotatable bonds is 13. The van der Waals surface area contributed by atoms with E-state index in [-0.39, 0.29) is 43.1 Å². The number of aromatic nitrogens is 1. The van der Waals surface area contributed by atoms with E-state index in [0.29, 0.717) is 5.56 Å². The smallest absolute Gasteiger partial charge is 0.308 e. The maximum absolute atomic E-state index is 13.5. The highest BCUT2D eigenvalue weighted by Gasteiger charge is 2.51. The minimum atomic E-state index is -3.97. The van der Waals surface area contributed by atoms with Gasteiger partial charge >= 0.3 is 15.2 Å². The molecule has 0 radical (unpaired) electrons. The number of pyridine rings is 1. The summed E-state index contributed by atoms with van der Waals surface area (Å²) in [6.45, 7) is 6.67. The minimum Gasteiger partial charge on any atom is -0.308 e. The van der Waals surface area contributed by atoms with Crippen LogP contribution in [0.5, 0.6) is 0 Å². The molecule has 10 nitrogen and oxygen atoms in total. The summed E-state index contributed by atoms with van der Waals surface area (Å²) >= 11 is 3.22. The van der Waals surface area contributed by atoms with Gasteiger partial charge in [-0.3, -0.25) is 19.2 Å². The zero-order valence-electron chi connectivity index (χ0n) is 16.2. The molecule has 1 rings (SSSR count). The van der Waals surface area contributed by atoms with Crippen molar-refractivity contribution >= 4 is 36.8 Å². The van der Waals surface area contributed by atoms with E-state index in [1.165, 1.54) is 6.07 Å². The van der Waals surface area contributed by atoms with Crippen LogP contribution in [0.4, 0.5) is 5.69 Å². The SMILES string of the molecule is CCOP(=O)(OCC)C(Cc1cc([N+](=O)[O-])cnc1Br)P(=O)(OCC)OCC. The van der Waals surface area contributed by atoms with Crippen LogP contribution in [0.3, 0.4) is 0 Å². The molecule has 0 unspecified atom stereocenters. The van der Waals surface area contributed by atoms with Crippen molar-refractivity contribution in [1.29, 1.82) is 0 Å². The minimum absolute atomic E-state index is 0.0420. The van der Waals surface area contributed by atoms with E-state index in [2.05, 4.69) is 20.9 Å². The third-order valence-corrected chi connectivity index (χ3v) is 10.2. The molecule has 1 heterocycles. The maximum atomic E-state index is 13.5. The van der Waals surface area contributed by atoms with Gasteiger partial charge in [-0.05, 0) is 49.2 Å². The molecule has 0 N–H and O–H groups in total. The van der Waals surface area contributed by atoms with E-state index in [4.69, 9.17) is 18.1 Å². The van der Waals surface area contributed by atoms with Gasteiger partial charge in [-0.2, -0.15) is 0 Å². The molecule has 0 amide bonds. The van der Waals surface area contributed by atoms with E-state index < -0.39 is 25.5 Å². The van der Waals surface area contributed by atoms with Crippen LogP contribution in [0.25, 0.3) is 0 Å². The van der Waals surface area contributed by atoms with Gasteiger partial charge in [0.15, 0.2) is 5.40 Å². The molecule has 0 saturated carbocycles. The highest BCUT2D eigenvalue weighted by molar-refractivity contribution is 9.10. The Morgan fingerprint density at radius 3 is 1.82 bits per heavy atom. The predicted molar refractivity (Wildman–Crippen MR) is 108 cm³/mol. The summed E-state index contributed by atoms with van der Waals surface area (Å²) in [5, 5.41) is 9.78. The Bertz CT molecular complexity index is 714. The highest BCUT2D eigenvalue weighted by Crippen LogP contribution is 2.71. The molecule has 0 aromatic carbocycles. The second-order valence-electron chi connectivity index (χ2n) is 5.34. The van der Waals surface area contributed by atoms with Gasteiger partial charge in [-0.25, -0.2) is 4.98 Å². The molecule has 0 bridgehead atoms. The molecular weight excluding hydrogens is 478 g/mol. The molecule has 1 aromatic heterocycles. The zero-order valence-corrected chi connectivity index (χ0v) is 19.6. The monoisotopic (exact) mass is 502 g/mol. The number of nitrogens with zero attached hydrogens (tertiary/aromatic N) is 2. The van der Waals surface area contributed by atoms with Gasteiger partial charge in [0.05, 0.1) is 31.4 Å². The average molecular weight is 503 g/mol. The van der Waals surface area contributed by atoms with E-state index in [0.717, 1.165) is 6.20 Å². The molecule has 160 valence electrons. The van der Waals surface area contributed by atoms with Crippen molar-refractivity contribution < 1.29 is 32.1 Å². The van der Waals surface area contributed by atoms with Crippen LogP contribution >= 0.6 is 31.1 Å². The summed E-state index contributed by atoms with van der Waals surface area (Å²) in [5.74, 6) is 0. The largest absolute Gasteiger partial charge is 0.346 e. The van der Waals surface area contributed by atoms with Crippen LogP contribution in [-0.4, -0.2) is 41.7 Å². The lowest BCUT2D eigenvalue weighted by Gasteiger charge is -2.31. The Hall–Kier alpha value is -0.670. The second kappa shape index (κ2) is 11.5. The molecule has 0 fully saturated rings. The second-order valence-corrected chi connectivity index (χ2v) is 10.9. The number of hydrogen-bond donors (Lipinski definition) is 0. The van der Waals surface area contributed by atoms with Crippen molar-refractivity contribution in [3.8, 4) is 0 Å². The van der Waals surface area contributed by atoms with Crippen LogP contribution in [0.15, 0.2) is 16.9 Å². The van der Waals surface area contributed by atoms with Gasteiger partial charge in [0.2, 0.25) is 0 Å². The summed E-state index contributed by atoms with van der Waals surface area (Å²) in [7, 11) is -7.93. The summed E-state index contributed by atoms with van der Waals surface area (Å²) in [6.07, 6.45) is 0.891. The molecule has 28 heavy (non-hydrogen) atoms. The molecule has 0 aliphatic heterocycles. The van der Waals surface area contributed by atoms with E-state index in [9.17, 15) is 19.2 Å². The van der Waals surface area contributed by atoms with Crippen molar-refractivity contribution in [3.05, 3.63) is 32.5 Å². The Labute approximate surface area is 172 Å². The first-order chi connectivity index (χ1) is 13.2. The molecule has 0 spiro atoms. The molecule has 0 aliphatic rings. The zero-order chi connectivity index (χ0) is 21.4. The normalized spacial score (nSPS) is 12.5. The predicted octanol–water partition coefficient (Wildman–Crippen LogP) is 5.15. The van der Waals surface area contributed by atoms with Crippen LogP contribution in [-0.2, 0) is 33.6 Å². The van der Waals surface area contributed by atoms with Gasteiger partial charge < -0.3 is 18.1 Å². The van der Waals surface area contributed by atoms with Gasteiger partial charge in [0.25, 0.3) is 5.69 Å². The first-order valence-electron chi connectivity index (χ1n) is 8.73. The van der Waals surface area contributed by atoms with Crippen molar-refractivity contribution in [3.63, 3.8) is 0 Å². The molecule has 1 aromatic rings. The Morgan fingerprint density at radius 2 is 1.46 bits per heavy atom. The van der Waals surface area contributed by atoms with E-state index in [1.54, 1.807) is 27.7 Å². The molecular formula is C15H25BrN2O8P2. The van der Waals surface area contributed by atoms with Crippen molar-refractivity contribution in [2.75, 3.05) is 26.4 Å². The van der Waals surface area contributed by atoms with Crippen LogP contribution in [0.2, 0.25) is 0 Å².